The Hall–Kier alpha value is -7.82. The average Bonchev–Trinajstić information content (AvgIpc) is 3.76. The van der Waals surface area contributed by atoms with Crippen LogP contribution < -0.4 is 44.0 Å². The molecular formula is C44H32N6O8S2. The number of rotatable bonds is 13. The lowest BCUT2D eigenvalue weighted by molar-refractivity contribution is 0.0929. The van der Waals surface area contributed by atoms with E-state index in [4.69, 9.17) is 20.3 Å². The Morgan fingerprint density at radius 2 is 0.883 bits per heavy atom. The van der Waals surface area contributed by atoms with Crippen molar-refractivity contribution in [2.24, 2.45) is 0 Å². The van der Waals surface area contributed by atoms with Crippen molar-refractivity contribution in [1.29, 1.82) is 0 Å². The smallest absolute Gasteiger partial charge is 0.347 e. The first kappa shape index (κ1) is 39.0. The number of amides is 2. The fourth-order valence-electron chi connectivity index (χ4n) is 6.37. The van der Waals surface area contributed by atoms with Gasteiger partial charge in [-0.1, -0.05) is 72.8 Å². The van der Waals surface area contributed by atoms with Crippen molar-refractivity contribution in [3.63, 3.8) is 0 Å². The van der Waals surface area contributed by atoms with Gasteiger partial charge in [-0.05, 0) is 48.5 Å². The van der Waals surface area contributed by atoms with Gasteiger partial charge in [0.05, 0.1) is 22.5 Å². The van der Waals surface area contributed by atoms with Gasteiger partial charge in [-0.25, -0.2) is 9.59 Å². The molecule has 2 amide bonds. The molecule has 60 heavy (non-hydrogen) atoms. The standard InChI is InChI=1S/C44H32N6O8S2/c45-33-31(41(49-25-13-3-1-4-14-25)59-37(33)35(51)27-21-23-11-7-9-17-29(23)57-43(27)55)39(53)47-19-20-48-40(54)32-34(46)38(60-42(32)50-26-15-5-2-6-16-26)36(52)28-22-24-12-8-10-18-30(24)58-44(28)56/h1-18,21-22,49-50H,19-20,45-46H2,(H,47,53)(H,48,54). The predicted octanol–water partition coefficient (Wildman–Crippen LogP) is 7.30. The highest BCUT2D eigenvalue weighted by Gasteiger charge is 2.30. The summed E-state index contributed by atoms with van der Waals surface area (Å²) in [6, 6.07) is 34.2. The number of benzene rings is 4. The summed E-state index contributed by atoms with van der Waals surface area (Å²) >= 11 is 1.81. The number of nitrogen functional groups attached to an aromatic ring is 2. The first-order valence-corrected chi connectivity index (χ1v) is 19.9. The third kappa shape index (κ3) is 7.75. The van der Waals surface area contributed by atoms with Crippen LogP contribution in [-0.2, 0) is 0 Å². The third-order valence-electron chi connectivity index (χ3n) is 9.29. The molecule has 298 valence electrons. The van der Waals surface area contributed by atoms with Crippen LogP contribution in [0, 0.1) is 0 Å². The van der Waals surface area contributed by atoms with E-state index >= 15 is 0 Å². The Morgan fingerprint density at radius 1 is 0.517 bits per heavy atom. The summed E-state index contributed by atoms with van der Waals surface area (Å²) in [7, 11) is 0. The van der Waals surface area contributed by atoms with E-state index in [-0.39, 0.29) is 66.5 Å². The molecule has 4 aromatic carbocycles. The molecule has 0 saturated heterocycles. The summed E-state index contributed by atoms with van der Waals surface area (Å²) in [4.78, 5) is 81.0. The lowest BCUT2D eigenvalue weighted by Crippen LogP contribution is -2.35. The topological polar surface area (TPSA) is 229 Å². The van der Waals surface area contributed by atoms with E-state index in [1.165, 1.54) is 12.1 Å². The minimum absolute atomic E-state index is 0.0403. The molecule has 8 aromatic rings. The summed E-state index contributed by atoms with van der Waals surface area (Å²) in [6.07, 6.45) is 0. The van der Waals surface area contributed by atoms with E-state index in [0.717, 1.165) is 22.7 Å². The van der Waals surface area contributed by atoms with Crippen molar-refractivity contribution in [1.82, 2.24) is 10.6 Å². The van der Waals surface area contributed by atoms with Crippen molar-refractivity contribution in [3.8, 4) is 0 Å². The molecule has 0 fully saturated rings. The van der Waals surface area contributed by atoms with Crippen LogP contribution >= 0.6 is 22.7 Å². The fourth-order valence-corrected chi connectivity index (χ4v) is 8.56. The van der Waals surface area contributed by atoms with Gasteiger partial charge in [0, 0.05) is 35.2 Å². The normalized spacial score (nSPS) is 11.0. The lowest BCUT2D eigenvalue weighted by atomic mass is 10.1. The summed E-state index contributed by atoms with van der Waals surface area (Å²) < 4.78 is 10.8. The predicted molar refractivity (Wildman–Crippen MR) is 233 cm³/mol. The van der Waals surface area contributed by atoms with Crippen LogP contribution in [0.15, 0.2) is 140 Å². The number of para-hydroxylation sites is 4. The van der Waals surface area contributed by atoms with Crippen LogP contribution in [0.1, 0.15) is 51.2 Å². The third-order valence-corrected chi connectivity index (χ3v) is 11.5. The Labute approximate surface area is 347 Å². The highest BCUT2D eigenvalue weighted by Crippen LogP contribution is 2.40. The number of fused-ring (bicyclic) bond motifs is 2. The molecule has 16 heteroatoms. The quantitative estimate of drug-likeness (QED) is 0.0382. The highest BCUT2D eigenvalue weighted by molar-refractivity contribution is 7.19. The van der Waals surface area contributed by atoms with Crippen molar-refractivity contribution < 1.29 is 28.0 Å². The first-order valence-electron chi connectivity index (χ1n) is 18.3. The van der Waals surface area contributed by atoms with Crippen molar-refractivity contribution >= 4 is 101 Å². The van der Waals surface area contributed by atoms with Gasteiger partial charge >= 0.3 is 11.3 Å². The van der Waals surface area contributed by atoms with E-state index in [0.29, 0.717) is 33.3 Å². The Bertz CT molecular complexity index is 2890. The molecular weight excluding hydrogens is 805 g/mol. The van der Waals surface area contributed by atoms with Gasteiger partial charge in [-0.3, -0.25) is 19.2 Å². The van der Waals surface area contributed by atoms with Gasteiger partial charge in [-0.2, -0.15) is 0 Å². The average molecular weight is 837 g/mol. The van der Waals surface area contributed by atoms with Crippen molar-refractivity contribution in [2.75, 3.05) is 35.2 Å². The number of hydrogen-bond donors (Lipinski definition) is 6. The molecule has 4 heterocycles. The number of carbonyl (C=O) groups is 4. The van der Waals surface area contributed by atoms with Gasteiger partial charge in [0.25, 0.3) is 11.8 Å². The molecule has 8 rings (SSSR count). The van der Waals surface area contributed by atoms with Crippen LogP contribution in [0.5, 0.6) is 0 Å². The van der Waals surface area contributed by atoms with E-state index in [1.54, 1.807) is 97.1 Å². The number of thiophene rings is 2. The van der Waals surface area contributed by atoms with Gasteiger partial charge < -0.3 is 41.6 Å². The molecule has 0 aliphatic rings. The van der Waals surface area contributed by atoms with Gasteiger partial charge in [0.1, 0.15) is 42.0 Å². The van der Waals surface area contributed by atoms with Crippen LogP contribution in [0.2, 0.25) is 0 Å². The van der Waals surface area contributed by atoms with Crippen LogP contribution in [0.25, 0.3) is 21.9 Å². The second kappa shape index (κ2) is 16.6. The zero-order valence-electron chi connectivity index (χ0n) is 31.2. The molecule has 4 aromatic heterocycles. The minimum Gasteiger partial charge on any atom is -0.422 e. The molecule has 0 atom stereocenters. The molecule has 8 N–H and O–H groups in total. The molecule has 0 unspecified atom stereocenters. The highest BCUT2D eigenvalue weighted by atomic mass is 32.1. The molecule has 0 saturated carbocycles. The Morgan fingerprint density at radius 3 is 1.28 bits per heavy atom. The maximum Gasteiger partial charge on any atom is 0.347 e. The summed E-state index contributed by atoms with van der Waals surface area (Å²) in [5.74, 6) is -2.76. The van der Waals surface area contributed by atoms with E-state index in [1.807, 2.05) is 12.1 Å². The molecule has 14 nitrogen and oxygen atoms in total. The zero-order chi connectivity index (χ0) is 41.9. The first-order chi connectivity index (χ1) is 29.1. The van der Waals surface area contributed by atoms with Crippen molar-refractivity contribution in [2.45, 2.75) is 0 Å². The fraction of sp³-hybridized carbons (Fsp3) is 0.0455. The molecule has 0 radical (unpaired) electrons. The monoisotopic (exact) mass is 836 g/mol. The van der Waals surface area contributed by atoms with E-state index in [2.05, 4.69) is 21.3 Å². The minimum atomic E-state index is -0.852. The number of carbonyl (C=O) groups excluding carboxylic acids is 4. The molecule has 0 aliphatic carbocycles. The van der Waals surface area contributed by atoms with E-state index in [9.17, 15) is 28.8 Å². The van der Waals surface area contributed by atoms with Crippen LogP contribution in [0.3, 0.4) is 0 Å². The number of nitrogens with one attached hydrogen (secondary N) is 4. The van der Waals surface area contributed by atoms with Crippen LogP contribution in [0.4, 0.5) is 32.8 Å². The van der Waals surface area contributed by atoms with Crippen molar-refractivity contribution in [3.05, 3.63) is 174 Å². The molecule has 0 aliphatic heterocycles. The molecule has 0 bridgehead atoms. The summed E-state index contributed by atoms with van der Waals surface area (Å²) in [5, 5.41) is 13.3. The number of anilines is 6. The number of ketones is 2. The van der Waals surface area contributed by atoms with Gasteiger partial charge in [-0.15, -0.1) is 22.7 Å². The van der Waals surface area contributed by atoms with Gasteiger partial charge in [0.2, 0.25) is 11.6 Å². The Kier molecular flexibility index (Phi) is 10.8. The maximum atomic E-state index is 13.8. The summed E-state index contributed by atoms with van der Waals surface area (Å²) in [5.41, 5.74) is 12.3. The number of nitrogens with two attached hydrogens (primary N) is 2. The zero-order valence-corrected chi connectivity index (χ0v) is 32.8. The van der Waals surface area contributed by atoms with Gasteiger partial charge in [0.15, 0.2) is 0 Å². The second-order valence-electron chi connectivity index (χ2n) is 13.2. The lowest BCUT2D eigenvalue weighted by Gasteiger charge is -2.11. The maximum absolute atomic E-state index is 13.8. The second-order valence-corrected chi connectivity index (χ2v) is 15.3. The summed E-state index contributed by atoms with van der Waals surface area (Å²) in [6.45, 7) is -0.199. The Balaban J connectivity index is 1.03. The van der Waals surface area contributed by atoms with Crippen LogP contribution in [-0.4, -0.2) is 36.5 Å². The SMILES string of the molecule is Nc1c(C(=O)c2cc3ccccc3oc2=O)sc(Nc2ccccc2)c1C(=O)NCCNC(=O)c1c(Nc2ccccc2)sc(C(=O)c2cc3ccccc3oc2=O)c1N. The molecule has 0 spiro atoms. The largest absolute Gasteiger partial charge is 0.422 e. The van der Waals surface area contributed by atoms with E-state index < -0.39 is 34.6 Å². The number of hydrogen-bond acceptors (Lipinski definition) is 14.